The number of hydrogen-bond donors (Lipinski definition) is 2. The van der Waals surface area contributed by atoms with Gasteiger partial charge >= 0.3 is 0 Å². The van der Waals surface area contributed by atoms with Crippen LogP contribution in [0.25, 0.3) is 0 Å². The normalized spacial score (nSPS) is 12.1. The van der Waals surface area contributed by atoms with Crippen LogP contribution in [0.1, 0.15) is 26.3 Å². The van der Waals surface area contributed by atoms with Gasteiger partial charge in [0.25, 0.3) is 0 Å². The van der Waals surface area contributed by atoms with Gasteiger partial charge in [-0.3, -0.25) is 9.82 Å². The minimum Gasteiger partial charge on any atom is -0.267 e. The first-order chi connectivity index (χ1) is 7.23. The maximum Gasteiger partial charge on any atom is 0.234 e. The molecule has 0 saturated carbocycles. The Hall–Kier alpha value is -1.55. The Morgan fingerprint density at radius 3 is 2.69 bits per heavy atom. The fraction of sp³-hybridized carbons (Fsp3) is 0.556. The van der Waals surface area contributed by atoms with Crippen LogP contribution in [-0.4, -0.2) is 24.4 Å². The van der Waals surface area contributed by atoms with Gasteiger partial charge < -0.3 is 0 Å². The molecular formula is C9H14N4O2S. The quantitative estimate of drug-likeness (QED) is 0.828. The molecule has 0 bridgehead atoms. The Labute approximate surface area is 94.7 Å². The number of anilines is 1. The van der Waals surface area contributed by atoms with Crippen molar-refractivity contribution in [2.75, 3.05) is 10.5 Å². The second-order valence-corrected chi connectivity index (χ2v) is 6.41. The molecule has 0 fully saturated rings. The van der Waals surface area contributed by atoms with E-state index in [9.17, 15) is 8.42 Å². The predicted octanol–water partition coefficient (Wildman–Crippen LogP) is 1.07. The lowest BCUT2D eigenvalue weighted by Crippen LogP contribution is -2.26. The van der Waals surface area contributed by atoms with Gasteiger partial charge in [0.05, 0.1) is 11.9 Å². The summed E-state index contributed by atoms with van der Waals surface area (Å²) in [6, 6.07) is 1.84. The summed E-state index contributed by atoms with van der Waals surface area (Å²) in [4.78, 5) is 0. The predicted molar refractivity (Wildman–Crippen MR) is 60.2 cm³/mol. The van der Waals surface area contributed by atoms with Crippen molar-refractivity contribution in [3.63, 3.8) is 0 Å². The molecule has 7 heteroatoms. The lowest BCUT2D eigenvalue weighted by molar-refractivity contribution is 0.463. The van der Waals surface area contributed by atoms with E-state index >= 15 is 0 Å². The summed E-state index contributed by atoms with van der Waals surface area (Å²) in [7, 11) is -3.47. The Bertz CT molecular complexity index is 504. The summed E-state index contributed by atoms with van der Waals surface area (Å²) in [5.74, 6) is 0.0934. The Morgan fingerprint density at radius 1 is 1.56 bits per heavy atom. The van der Waals surface area contributed by atoms with E-state index in [4.69, 9.17) is 5.26 Å². The molecule has 0 aliphatic heterocycles. The van der Waals surface area contributed by atoms with E-state index in [1.807, 2.05) is 26.8 Å². The van der Waals surface area contributed by atoms with Crippen molar-refractivity contribution in [1.29, 1.82) is 5.26 Å². The number of nitrogens with one attached hydrogen (secondary N) is 2. The lowest BCUT2D eigenvalue weighted by atomic mass is 10.0. The third-order valence-corrected chi connectivity index (χ3v) is 3.40. The molecule has 0 aliphatic rings. The summed E-state index contributed by atoms with van der Waals surface area (Å²) in [5, 5.41) is 14.7. The number of H-pyrrole nitrogens is 1. The highest BCUT2D eigenvalue weighted by molar-refractivity contribution is 7.92. The van der Waals surface area contributed by atoms with Crippen molar-refractivity contribution >= 4 is 15.8 Å². The summed E-state index contributed by atoms with van der Waals surface area (Å²) in [5.41, 5.74) is -0.170. The molecule has 1 rings (SSSR count). The molecule has 0 aromatic carbocycles. The first-order valence-corrected chi connectivity index (χ1v) is 6.33. The first-order valence-electron chi connectivity index (χ1n) is 4.67. The summed E-state index contributed by atoms with van der Waals surface area (Å²) >= 11 is 0. The van der Waals surface area contributed by atoms with Crippen LogP contribution in [-0.2, 0) is 10.0 Å². The molecule has 6 nitrogen and oxygen atoms in total. The Balaban J connectivity index is 2.87. The monoisotopic (exact) mass is 242 g/mol. The number of rotatable bonds is 3. The molecule has 0 unspecified atom stereocenters. The van der Waals surface area contributed by atoms with Gasteiger partial charge in [0.1, 0.15) is 11.6 Å². The van der Waals surface area contributed by atoms with Gasteiger partial charge in [-0.25, -0.2) is 8.42 Å². The molecule has 0 saturated heterocycles. The van der Waals surface area contributed by atoms with Crippen LogP contribution in [0.2, 0.25) is 0 Å². The van der Waals surface area contributed by atoms with Crippen LogP contribution in [0.15, 0.2) is 6.20 Å². The van der Waals surface area contributed by atoms with E-state index in [0.29, 0.717) is 0 Å². The molecule has 16 heavy (non-hydrogen) atoms. The minimum atomic E-state index is -3.47. The van der Waals surface area contributed by atoms with E-state index in [0.717, 1.165) is 0 Å². The molecule has 2 N–H and O–H groups in total. The zero-order valence-electron chi connectivity index (χ0n) is 9.40. The minimum absolute atomic E-state index is 0.0239. The van der Waals surface area contributed by atoms with Crippen LogP contribution < -0.4 is 4.72 Å². The maximum atomic E-state index is 11.7. The Morgan fingerprint density at radius 2 is 2.19 bits per heavy atom. The van der Waals surface area contributed by atoms with Crippen molar-refractivity contribution in [1.82, 2.24) is 10.2 Å². The Kier molecular flexibility index (Phi) is 3.24. The van der Waals surface area contributed by atoms with Crippen LogP contribution in [0.5, 0.6) is 0 Å². The van der Waals surface area contributed by atoms with Gasteiger partial charge in [0, 0.05) is 0 Å². The summed E-state index contributed by atoms with van der Waals surface area (Å²) < 4.78 is 25.7. The van der Waals surface area contributed by atoms with E-state index in [-0.39, 0.29) is 22.5 Å². The molecule has 0 atom stereocenters. The highest BCUT2D eigenvalue weighted by Crippen LogP contribution is 2.18. The number of aromatic nitrogens is 2. The molecule has 1 aromatic rings. The molecule has 0 aliphatic carbocycles. The van der Waals surface area contributed by atoms with Gasteiger partial charge in [0.15, 0.2) is 5.82 Å². The number of nitrogens with zero attached hydrogens (tertiary/aromatic N) is 2. The third kappa shape index (κ3) is 3.55. The van der Waals surface area contributed by atoms with Gasteiger partial charge in [-0.05, 0) is 5.41 Å². The highest BCUT2D eigenvalue weighted by Gasteiger charge is 2.22. The van der Waals surface area contributed by atoms with E-state index in [2.05, 4.69) is 14.9 Å². The van der Waals surface area contributed by atoms with Gasteiger partial charge in [-0.2, -0.15) is 10.4 Å². The van der Waals surface area contributed by atoms with Gasteiger partial charge in [0.2, 0.25) is 10.0 Å². The second-order valence-electron chi connectivity index (χ2n) is 4.69. The first kappa shape index (κ1) is 12.5. The van der Waals surface area contributed by atoms with E-state index in [1.54, 1.807) is 0 Å². The molecule has 0 radical (unpaired) electrons. The number of aromatic amines is 1. The zero-order chi connectivity index (χ0) is 12.4. The SMILES string of the molecule is CC(C)(C)CS(=O)(=O)Nc1[nH]ncc1C#N. The summed E-state index contributed by atoms with van der Waals surface area (Å²) in [6.45, 7) is 5.47. The molecular weight excluding hydrogens is 228 g/mol. The third-order valence-electron chi connectivity index (χ3n) is 1.64. The largest absolute Gasteiger partial charge is 0.267 e. The van der Waals surface area contributed by atoms with Crippen molar-refractivity contribution in [2.24, 2.45) is 5.41 Å². The average molecular weight is 242 g/mol. The molecule has 88 valence electrons. The standard InChI is InChI=1S/C9H14N4O2S/c1-9(2,3)6-16(14,15)13-8-7(4-10)5-11-12-8/h5H,6H2,1-3H3,(H2,11,12,13). The van der Waals surface area contributed by atoms with Crippen LogP contribution in [0.4, 0.5) is 5.82 Å². The topological polar surface area (TPSA) is 98.6 Å². The van der Waals surface area contributed by atoms with Crippen LogP contribution in [0.3, 0.4) is 0 Å². The summed E-state index contributed by atoms with van der Waals surface area (Å²) in [6.07, 6.45) is 1.27. The average Bonchev–Trinajstić information content (AvgIpc) is 2.45. The van der Waals surface area contributed by atoms with Crippen molar-refractivity contribution in [3.8, 4) is 6.07 Å². The lowest BCUT2D eigenvalue weighted by Gasteiger charge is -2.18. The molecule has 0 spiro atoms. The highest BCUT2D eigenvalue weighted by atomic mass is 32.2. The second kappa shape index (κ2) is 4.14. The molecule has 0 amide bonds. The molecule has 1 heterocycles. The van der Waals surface area contributed by atoms with E-state index in [1.165, 1.54) is 6.20 Å². The molecule has 1 aromatic heterocycles. The van der Waals surface area contributed by atoms with E-state index < -0.39 is 10.0 Å². The fourth-order valence-electron chi connectivity index (χ4n) is 1.21. The number of hydrogen-bond acceptors (Lipinski definition) is 4. The van der Waals surface area contributed by atoms with Crippen LogP contribution >= 0.6 is 0 Å². The zero-order valence-corrected chi connectivity index (χ0v) is 10.2. The fourth-order valence-corrected chi connectivity index (χ4v) is 2.89. The van der Waals surface area contributed by atoms with Gasteiger partial charge in [-0.15, -0.1) is 0 Å². The smallest absolute Gasteiger partial charge is 0.234 e. The van der Waals surface area contributed by atoms with Crippen molar-refractivity contribution in [2.45, 2.75) is 20.8 Å². The maximum absolute atomic E-state index is 11.7. The number of nitriles is 1. The number of sulfonamides is 1. The van der Waals surface area contributed by atoms with Crippen molar-refractivity contribution < 1.29 is 8.42 Å². The van der Waals surface area contributed by atoms with Gasteiger partial charge in [-0.1, -0.05) is 20.8 Å². The van der Waals surface area contributed by atoms with Crippen LogP contribution in [0, 0.1) is 16.7 Å². The van der Waals surface area contributed by atoms with Crippen molar-refractivity contribution in [3.05, 3.63) is 11.8 Å².